The van der Waals surface area contributed by atoms with Crippen LogP contribution in [0.3, 0.4) is 0 Å². The summed E-state index contributed by atoms with van der Waals surface area (Å²) in [7, 11) is 1.31. The Labute approximate surface area is 78.3 Å². The number of methoxy groups -OCH3 is 1. The van der Waals surface area contributed by atoms with E-state index in [-0.39, 0.29) is 5.92 Å². The molecule has 2 N–H and O–H groups in total. The largest absolute Gasteiger partial charge is 0.467 e. The number of carbonyl (C=O) groups excluding carboxylic acids is 1. The highest BCUT2D eigenvalue weighted by molar-refractivity contribution is 5.79. The third-order valence-electron chi connectivity index (χ3n) is 2.78. The number of nitrogens with one attached hydrogen (secondary N) is 1. The average Bonchev–Trinajstić information content (AvgIpc) is 2.17. The molecule has 0 aromatic carbocycles. The van der Waals surface area contributed by atoms with E-state index in [0.29, 0.717) is 19.5 Å². The molecular formula is C9H17NO3. The summed E-state index contributed by atoms with van der Waals surface area (Å²) in [6.45, 7) is 3.32. The second kappa shape index (κ2) is 4.07. The lowest BCUT2D eigenvalue weighted by Gasteiger charge is -2.37. The van der Waals surface area contributed by atoms with Gasteiger partial charge in [0.2, 0.25) is 0 Å². The van der Waals surface area contributed by atoms with Gasteiger partial charge in [0.1, 0.15) is 0 Å². The highest BCUT2D eigenvalue weighted by atomic mass is 16.5. The average molecular weight is 187 g/mol. The highest BCUT2D eigenvalue weighted by Crippen LogP contribution is 2.28. The van der Waals surface area contributed by atoms with Crippen LogP contribution in [0.1, 0.15) is 19.8 Å². The van der Waals surface area contributed by atoms with Crippen LogP contribution >= 0.6 is 0 Å². The number of hydrogen-bond acceptors (Lipinski definition) is 4. The summed E-state index contributed by atoms with van der Waals surface area (Å²) in [5.41, 5.74) is -1.27. The van der Waals surface area contributed by atoms with Gasteiger partial charge in [0.15, 0.2) is 5.60 Å². The fraction of sp³-hybridized carbons (Fsp3) is 0.889. The molecule has 1 heterocycles. The van der Waals surface area contributed by atoms with Gasteiger partial charge in [-0.25, -0.2) is 4.79 Å². The van der Waals surface area contributed by atoms with E-state index in [2.05, 4.69) is 10.1 Å². The van der Waals surface area contributed by atoms with E-state index in [9.17, 15) is 9.90 Å². The molecule has 13 heavy (non-hydrogen) atoms. The van der Waals surface area contributed by atoms with Gasteiger partial charge in [-0.2, -0.15) is 0 Å². The molecule has 1 fully saturated rings. The van der Waals surface area contributed by atoms with Crippen LogP contribution in [0.2, 0.25) is 0 Å². The molecule has 0 amide bonds. The third kappa shape index (κ3) is 1.84. The van der Waals surface area contributed by atoms with E-state index in [4.69, 9.17) is 0 Å². The van der Waals surface area contributed by atoms with E-state index in [1.165, 1.54) is 7.11 Å². The van der Waals surface area contributed by atoms with E-state index in [0.717, 1.165) is 6.42 Å². The lowest BCUT2D eigenvalue weighted by molar-refractivity contribution is -0.171. The standard InChI is InChI=1S/C9H17NO3/c1-3-7-6-10-5-4-9(7,12)8(11)13-2/h7,10,12H,3-6H2,1-2H3. The first-order valence-electron chi connectivity index (χ1n) is 4.66. The molecule has 0 aromatic rings. The lowest BCUT2D eigenvalue weighted by Crippen LogP contribution is -2.55. The number of ether oxygens (including phenoxy) is 1. The van der Waals surface area contributed by atoms with Crippen molar-refractivity contribution in [2.45, 2.75) is 25.4 Å². The van der Waals surface area contributed by atoms with Crippen LogP contribution in [0.5, 0.6) is 0 Å². The Balaban J connectivity index is 2.76. The lowest BCUT2D eigenvalue weighted by atomic mass is 9.80. The van der Waals surface area contributed by atoms with Crippen molar-refractivity contribution in [3.63, 3.8) is 0 Å². The minimum Gasteiger partial charge on any atom is -0.467 e. The molecule has 4 nitrogen and oxygen atoms in total. The molecule has 1 aliphatic heterocycles. The van der Waals surface area contributed by atoms with Crippen molar-refractivity contribution in [3.05, 3.63) is 0 Å². The van der Waals surface area contributed by atoms with E-state index in [1.807, 2.05) is 6.92 Å². The molecule has 76 valence electrons. The summed E-state index contributed by atoms with van der Waals surface area (Å²) >= 11 is 0. The molecule has 2 atom stereocenters. The Morgan fingerprint density at radius 1 is 1.77 bits per heavy atom. The number of rotatable bonds is 2. The number of esters is 1. The van der Waals surface area contributed by atoms with Crippen LogP contribution in [0.25, 0.3) is 0 Å². The zero-order valence-electron chi connectivity index (χ0n) is 8.17. The fourth-order valence-corrected chi connectivity index (χ4v) is 1.86. The van der Waals surface area contributed by atoms with Crippen molar-refractivity contribution in [2.24, 2.45) is 5.92 Å². The molecule has 1 saturated heterocycles. The molecule has 0 bridgehead atoms. The van der Waals surface area contributed by atoms with E-state index >= 15 is 0 Å². The van der Waals surface area contributed by atoms with Crippen LogP contribution in [-0.2, 0) is 9.53 Å². The Kier molecular flexibility index (Phi) is 3.27. The van der Waals surface area contributed by atoms with Gasteiger partial charge in [0.25, 0.3) is 0 Å². The van der Waals surface area contributed by atoms with Gasteiger partial charge >= 0.3 is 5.97 Å². The van der Waals surface area contributed by atoms with Crippen molar-refractivity contribution >= 4 is 5.97 Å². The molecule has 0 aromatic heterocycles. The van der Waals surface area contributed by atoms with Crippen LogP contribution < -0.4 is 5.32 Å². The predicted molar refractivity (Wildman–Crippen MR) is 48.2 cm³/mol. The second-order valence-electron chi connectivity index (χ2n) is 3.48. The zero-order chi connectivity index (χ0) is 9.90. The van der Waals surface area contributed by atoms with Crippen molar-refractivity contribution < 1.29 is 14.6 Å². The van der Waals surface area contributed by atoms with Gasteiger partial charge in [0, 0.05) is 12.5 Å². The molecule has 0 aliphatic carbocycles. The highest BCUT2D eigenvalue weighted by Gasteiger charge is 2.45. The number of hydrogen-bond donors (Lipinski definition) is 2. The first-order valence-corrected chi connectivity index (χ1v) is 4.66. The third-order valence-corrected chi connectivity index (χ3v) is 2.78. The molecule has 1 aliphatic rings. The normalized spacial score (nSPS) is 34.2. The maximum Gasteiger partial charge on any atom is 0.338 e. The Hall–Kier alpha value is -0.610. The summed E-state index contributed by atoms with van der Waals surface area (Å²) in [5.74, 6) is -0.533. The molecule has 0 radical (unpaired) electrons. The molecule has 0 spiro atoms. The maximum absolute atomic E-state index is 11.4. The van der Waals surface area contributed by atoms with Gasteiger partial charge in [-0.05, 0) is 19.4 Å². The van der Waals surface area contributed by atoms with Crippen LogP contribution in [-0.4, -0.2) is 36.9 Å². The van der Waals surface area contributed by atoms with Crippen LogP contribution in [0.15, 0.2) is 0 Å². The number of aliphatic hydroxyl groups is 1. The SMILES string of the molecule is CCC1CNCCC1(O)C(=O)OC. The molecule has 1 rings (SSSR count). The quantitative estimate of drug-likeness (QED) is 0.593. The summed E-state index contributed by atoms with van der Waals surface area (Å²) in [5, 5.41) is 13.2. The van der Waals surface area contributed by atoms with E-state index < -0.39 is 11.6 Å². The number of piperidine rings is 1. The first kappa shape index (κ1) is 10.5. The minimum absolute atomic E-state index is 0.0336. The summed E-state index contributed by atoms with van der Waals surface area (Å²) in [4.78, 5) is 11.4. The van der Waals surface area contributed by atoms with Crippen LogP contribution in [0.4, 0.5) is 0 Å². The molecule has 4 heteroatoms. The van der Waals surface area contributed by atoms with Crippen molar-refractivity contribution in [3.8, 4) is 0 Å². The molecule has 0 saturated carbocycles. The topological polar surface area (TPSA) is 58.6 Å². The second-order valence-corrected chi connectivity index (χ2v) is 3.48. The number of carbonyl (C=O) groups is 1. The predicted octanol–water partition coefficient (Wildman–Crippen LogP) is -0.0900. The van der Waals surface area contributed by atoms with Crippen LogP contribution in [0, 0.1) is 5.92 Å². The van der Waals surface area contributed by atoms with Crippen molar-refractivity contribution in [2.75, 3.05) is 20.2 Å². The van der Waals surface area contributed by atoms with Crippen molar-refractivity contribution in [1.29, 1.82) is 0 Å². The Morgan fingerprint density at radius 2 is 2.46 bits per heavy atom. The maximum atomic E-state index is 11.4. The Bertz CT molecular complexity index is 195. The molecule has 2 unspecified atom stereocenters. The van der Waals surface area contributed by atoms with Gasteiger partial charge in [0.05, 0.1) is 7.11 Å². The summed E-state index contributed by atoms with van der Waals surface area (Å²) < 4.78 is 4.61. The first-order chi connectivity index (χ1) is 6.15. The fourth-order valence-electron chi connectivity index (χ4n) is 1.86. The van der Waals surface area contributed by atoms with Crippen molar-refractivity contribution in [1.82, 2.24) is 5.32 Å². The smallest absolute Gasteiger partial charge is 0.338 e. The summed E-state index contributed by atoms with van der Waals surface area (Å²) in [6.07, 6.45) is 1.22. The van der Waals surface area contributed by atoms with E-state index in [1.54, 1.807) is 0 Å². The Morgan fingerprint density at radius 3 is 3.00 bits per heavy atom. The molecular weight excluding hydrogens is 170 g/mol. The van der Waals surface area contributed by atoms with Gasteiger partial charge in [-0.15, -0.1) is 0 Å². The van der Waals surface area contributed by atoms with Gasteiger partial charge in [-0.1, -0.05) is 6.92 Å². The van der Waals surface area contributed by atoms with Gasteiger partial charge < -0.3 is 15.2 Å². The van der Waals surface area contributed by atoms with Gasteiger partial charge in [-0.3, -0.25) is 0 Å². The minimum atomic E-state index is -1.27. The monoisotopic (exact) mass is 187 g/mol. The zero-order valence-corrected chi connectivity index (χ0v) is 8.17. The summed E-state index contributed by atoms with van der Waals surface area (Å²) in [6, 6.07) is 0.